The van der Waals surface area contributed by atoms with Gasteiger partial charge in [-0.1, -0.05) is 23.4 Å². The Morgan fingerprint density at radius 1 is 1.34 bits per heavy atom. The lowest BCUT2D eigenvalue weighted by Gasteiger charge is -2.23. The summed E-state index contributed by atoms with van der Waals surface area (Å²) in [6.07, 6.45) is -4.48. The molecule has 3 aromatic rings. The zero-order chi connectivity index (χ0) is 21.3. The van der Waals surface area contributed by atoms with E-state index in [4.69, 9.17) is 9.78 Å². The topological polar surface area (TPSA) is 83.0 Å². The van der Waals surface area contributed by atoms with Gasteiger partial charge in [0.2, 0.25) is 0 Å². The highest BCUT2D eigenvalue weighted by atomic mass is 19.4. The standard InChI is InChI=1S/C20H17F3N4O2/c1-11(8-9-24)27(3)19(28)14-10-16(25-18-17(14)12(2)26-29-18)13-6-4-5-7-15(13)20(21,22)23/h4-7,10-11H,8H2,1-3H3. The van der Waals surface area contributed by atoms with Crippen molar-refractivity contribution in [3.63, 3.8) is 0 Å². The fourth-order valence-electron chi connectivity index (χ4n) is 3.01. The molecule has 0 aliphatic carbocycles. The van der Waals surface area contributed by atoms with Gasteiger partial charge in [0.15, 0.2) is 0 Å². The monoisotopic (exact) mass is 402 g/mol. The van der Waals surface area contributed by atoms with E-state index in [9.17, 15) is 18.0 Å². The second kappa shape index (κ2) is 7.54. The van der Waals surface area contributed by atoms with Crippen LogP contribution in [0.2, 0.25) is 0 Å². The summed E-state index contributed by atoms with van der Waals surface area (Å²) in [6, 6.07) is 7.91. The van der Waals surface area contributed by atoms with Gasteiger partial charge in [-0.15, -0.1) is 0 Å². The van der Waals surface area contributed by atoms with E-state index >= 15 is 0 Å². The fourth-order valence-corrected chi connectivity index (χ4v) is 3.01. The molecular formula is C20H17F3N4O2. The molecule has 0 aliphatic rings. The zero-order valence-corrected chi connectivity index (χ0v) is 15.9. The molecule has 9 heteroatoms. The number of hydrogen-bond donors (Lipinski definition) is 0. The Balaban J connectivity index is 2.22. The molecule has 0 aliphatic heterocycles. The maximum Gasteiger partial charge on any atom is 0.417 e. The number of carbonyl (C=O) groups excluding carboxylic acids is 1. The molecule has 2 heterocycles. The molecule has 6 nitrogen and oxygen atoms in total. The minimum Gasteiger partial charge on any atom is -0.338 e. The predicted octanol–water partition coefficient (Wildman–Crippen LogP) is 4.59. The third-order valence-corrected chi connectivity index (χ3v) is 4.72. The van der Waals surface area contributed by atoms with Gasteiger partial charge in [0.25, 0.3) is 11.6 Å². The molecule has 1 amide bonds. The maximum atomic E-state index is 13.5. The first-order valence-corrected chi connectivity index (χ1v) is 8.73. The molecule has 1 atom stereocenters. The summed E-state index contributed by atoms with van der Waals surface area (Å²) in [5, 5.41) is 13.0. The molecule has 0 saturated heterocycles. The van der Waals surface area contributed by atoms with Crippen molar-refractivity contribution in [3.8, 4) is 17.3 Å². The van der Waals surface area contributed by atoms with E-state index in [1.807, 2.05) is 6.07 Å². The summed E-state index contributed by atoms with van der Waals surface area (Å²) in [6.45, 7) is 3.33. The number of benzene rings is 1. The molecule has 0 bridgehead atoms. The van der Waals surface area contributed by atoms with Crippen LogP contribution in [0.15, 0.2) is 34.9 Å². The van der Waals surface area contributed by atoms with Crippen molar-refractivity contribution in [2.24, 2.45) is 0 Å². The van der Waals surface area contributed by atoms with E-state index in [1.165, 1.54) is 36.2 Å². The Bertz CT molecular complexity index is 1120. The van der Waals surface area contributed by atoms with Crippen LogP contribution in [-0.4, -0.2) is 34.0 Å². The molecule has 150 valence electrons. The lowest BCUT2D eigenvalue weighted by atomic mass is 10.00. The smallest absolute Gasteiger partial charge is 0.338 e. The third-order valence-electron chi connectivity index (χ3n) is 4.72. The first kappa shape index (κ1) is 20.3. The summed E-state index contributed by atoms with van der Waals surface area (Å²) in [7, 11) is 1.53. The summed E-state index contributed by atoms with van der Waals surface area (Å²) < 4.78 is 45.5. The molecule has 0 fully saturated rings. The van der Waals surface area contributed by atoms with Gasteiger partial charge in [-0.3, -0.25) is 4.79 Å². The van der Waals surface area contributed by atoms with Gasteiger partial charge in [-0.2, -0.15) is 18.4 Å². The average Bonchev–Trinajstić information content (AvgIpc) is 3.06. The lowest BCUT2D eigenvalue weighted by molar-refractivity contribution is -0.137. The van der Waals surface area contributed by atoms with Gasteiger partial charge in [0, 0.05) is 18.7 Å². The van der Waals surface area contributed by atoms with Crippen molar-refractivity contribution in [2.75, 3.05) is 7.05 Å². The molecule has 2 aromatic heterocycles. The van der Waals surface area contributed by atoms with Crippen LogP contribution >= 0.6 is 0 Å². The van der Waals surface area contributed by atoms with Gasteiger partial charge in [-0.05, 0) is 26.0 Å². The largest absolute Gasteiger partial charge is 0.417 e. The Morgan fingerprint density at radius 2 is 2.03 bits per heavy atom. The van der Waals surface area contributed by atoms with E-state index < -0.39 is 17.6 Å². The summed E-state index contributed by atoms with van der Waals surface area (Å²) >= 11 is 0. The number of hydrogen-bond acceptors (Lipinski definition) is 5. The quantitative estimate of drug-likeness (QED) is 0.637. The van der Waals surface area contributed by atoms with Crippen LogP contribution in [-0.2, 0) is 6.18 Å². The number of nitriles is 1. The number of aryl methyl sites for hydroxylation is 1. The van der Waals surface area contributed by atoms with Crippen LogP contribution in [0, 0.1) is 18.3 Å². The Morgan fingerprint density at radius 3 is 2.69 bits per heavy atom. The fraction of sp³-hybridized carbons (Fsp3) is 0.300. The summed E-state index contributed by atoms with van der Waals surface area (Å²) in [4.78, 5) is 18.6. The van der Waals surface area contributed by atoms with Crippen molar-refractivity contribution in [2.45, 2.75) is 32.5 Å². The van der Waals surface area contributed by atoms with Crippen LogP contribution in [0.4, 0.5) is 13.2 Å². The van der Waals surface area contributed by atoms with Crippen LogP contribution in [0.1, 0.15) is 35.0 Å². The first-order chi connectivity index (χ1) is 13.6. The molecule has 1 aromatic carbocycles. The zero-order valence-electron chi connectivity index (χ0n) is 15.9. The summed E-state index contributed by atoms with van der Waals surface area (Å²) in [5.74, 6) is -0.461. The molecule has 0 saturated carbocycles. The van der Waals surface area contributed by atoms with E-state index in [0.29, 0.717) is 11.1 Å². The van der Waals surface area contributed by atoms with Crippen molar-refractivity contribution in [1.29, 1.82) is 5.26 Å². The van der Waals surface area contributed by atoms with Gasteiger partial charge < -0.3 is 9.42 Å². The van der Waals surface area contributed by atoms with E-state index in [0.717, 1.165) is 6.07 Å². The second-order valence-electron chi connectivity index (χ2n) is 6.67. The van der Waals surface area contributed by atoms with E-state index in [-0.39, 0.29) is 35.0 Å². The van der Waals surface area contributed by atoms with Gasteiger partial charge >= 0.3 is 6.18 Å². The van der Waals surface area contributed by atoms with E-state index in [1.54, 1.807) is 13.8 Å². The minimum absolute atomic E-state index is 0.0262. The van der Waals surface area contributed by atoms with E-state index in [2.05, 4.69) is 10.1 Å². The first-order valence-electron chi connectivity index (χ1n) is 8.73. The van der Waals surface area contributed by atoms with Crippen molar-refractivity contribution >= 4 is 17.0 Å². The molecule has 0 radical (unpaired) electrons. The molecular weight excluding hydrogens is 385 g/mol. The average molecular weight is 402 g/mol. The van der Waals surface area contributed by atoms with Crippen LogP contribution in [0.5, 0.6) is 0 Å². The highest BCUT2D eigenvalue weighted by Gasteiger charge is 2.34. The van der Waals surface area contributed by atoms with Gasteiger partial charge in [0.1, 0.15) is 0 Å². The Labute approximate surface area is 164 Å². The van der Waals surface area contributed by atoms with Gasteiger partial charge in [0.05, 0.1) is 40.4 Å². The van der Waals surface area contributed by atoms with Crippen molar-refractivity contribution in [3.05, 3.63) is 47.2 Å². The van der Waals surface area contributed by atoms with Crippen LogP contribution < -0.4 is 0 Å². The lowest BCUT2D eigenvalue weighted by Crippen LogP contribution is -2.35. The number of halogens is 3. The number of aromatic nitrogens is 2. The maximum absolute atomic E-state index is 13.5. The second-order valence-corrected chi connectivity index (χ2v) is 6.67. The number of pyridine rings is 1. The van der Waals surface area contributed by atoms with Gasteiger partial charge in [-0.25, -0.2) is 4.98 Å². The highest BCUT2D eigenvalue weighted by Crippen LogP contribution is 2.37. The number of alkyl halides is 3. The normalized spacial score (nSPS) is 12.6. The third kappa shape index (κ3) is 3.78. The molecule has 0 spiro atoms. The Hall–Kier alpha value is -3.41. The molecule has 0 N–H and O–H groups in total. The number of rotatable bonds is 4. The number of amides is 1. The SMILES string of the molecule is Cc1noc2nc(-c3ccccc3C(F)(F)F)cc(C(=O)N(C)C(C)CC#N)c12. The van der Waals surface area contributed by atoms with Crippen LogP contribution in [0.25, 0.3) is 22.4 Å². The van der Waals surface area contributed by atoms with Crippen molar-refractivity contribution < 1.29 is 22.5 Å². The minimum atomic E-state index is -4.59. The Kier molecular flexibility index (Phi) is 5.29. The molecule has 29 heavy (non-hydrogen) atoms. The van der Waals surface area contributed by atoms with Crippen molar-refractivity contribution in [1.82, 2.24) is 15.0 Å². The number of fused-ring (bicyclic) bond motifs is 1. The predicted molar refractivity (Wildman–Crippen MR) is 98.8 cm³/mol. The number of carbonyl (C=O) groups is 1. The highest BCUT2D eigenvalue weighted by molar-refractivity contribution is 6.07. The van der Waals surface area contributed by atoms with Crippen LogP contribution in [0.3, 0.4) is 0 Å². The molecule has 3 rings (SSSR count). The molecule has 1 unspecified atom stereocenters. The summed E-state index contributed by atoms with van der Waals surface area (Å²) in [5.41, 5.74) is -0.598. The number of nitrogens with zero attached hydrogens (tertiary/aromatic N) is 4.